The molecule has 7 rings (SSSR count). The Morgan fingerprint density at radius 2 is 1.09 bits per heavy atom. The molecular weight excluding hydrogens is 817 g/mol. The number of carbonyl (C=O) groups excluding carboxylic acids is 1. The van der Waals surface area contributed by atoms with E-state index in [1.165, 1.54) is 7.11 Å². The van der Waals surface area contributed by atoms with Crippen molar-refractivity contribution in [2.45, 2.75) is 81.5 Å². The predicted octanol–water partition coefficient (Wildman–Crippen LogP) is 8.35. The van der Waals surface area contributed by atoms with E-state index in [1.54, 1.807) is 0 Å². The Morgan fingerprint density at radius 1 is 0.643 bits per heavy atom. The van der Waals surface area contributed by atoms with Crippen molar-refractivity contribution < 1.29 is 33.2 Å². The summed E-state index contributed by atoms with van der Waals surface area (Å²) in [5.74, 6) is -0.379. The summed E-state index contributed by atoms with van der Waals surface area (Å²) in [5, 5.41) is 0. The Kier molecular flexibility index (Phi) is 14.4. The smallest absolute Gasteiger partial charge is 0.326 e. The molecule has 0 amide bonds. The molecule has 0 N–H and O–H groups in total. The van der Waals surface area contributed by atoms with Gasteiger partial charge < -0.3 is 28.4 Å². The van der Waals surface area contributed by atoms with Gasteiger partial charge in [-0.05, 0) is 34.2 Å². The number of alkyl halides is 1. The highest BCUT2D eigenvalue weighted by molar-refractivity contribution is 14.1. The average Bonchev–Trinajstić information content (AvgIpc) is 3.56. The van der Waals surface area contributed by atoms with Crippen LogP contribution in [0.1, 0.15) is 34.2 Å². The third kappa shape index (κ3) is 9.77. The van der Waals surface area contributed by atoms with Crippen molar-refractivity contribution in [3.63, 3.8) is 0 Å². The largest absolute Gasteiger partial charge is 0.468 e. The van der Waals surface area contributed by atoms with Crippen molar-refractivity contribution in [1.29, 1.82) is 0 Å². The first kappa shape index (κ1) is 40.3. The number of rotatable bonds is 17. The standard InChI is InChI=1S/C47H50INO7/c1-51-46(50)44-47(27-40(28-48)49(44)29-35-17-7-2-8-18-35)45(55-33-39-25-15-6-16-26-39)43(54-32-38-23-13-5-14-24-38)42(53-31-37-21-11-4-12-22-37)41(56-47)34-52-30-36-19-9-3-10-20-36/h2-26,40-45H,27-34H2,1H3/t40?,41?,42-,43-,44+,45?,47-/m0/s1. The van der Waals surface area contributed by atoms with Gasteiger partial charge in [-0.3, -0.25) is 9.69 Å². The fourth-order valence-corrected chi connectivity index (χ4v) is 8.88. The Balaban J connectivity index is 1.33. The molecule has 0 saturated carbocycles. The minimum atomic E-state index is -1.19. The van der Waals surface area contributed by atoms with E-state index in [-0.39, 0.29) is 25.2 Å². The number of hydrogen-bond donors (Lipinski definition) is 0. The lowest BCUT2D eigenvalue weighted by Crippen LogP contribution is -2.71. The summed E-state index contributed by atoms with van der Waals surface area (Å²) in [7, 11) is 1.45. The van der Waals surface area contributed by atoms with Crippen LogP contribution in [0.15, 0.2) is 152 Å². The molecule has 2 fully saturated rings. The molecule has 0 radical (unpaired) electrons. The number of halogens is 1. The molecule has 5 aromatic carbocycles. The number of benzene rings is 5. The summed E-state index contributed by atoms with van der Waals surface area (Å²) in [6, 6.07) is 49.8. The molecule has 3 unspecified atom stereocenters. The quantitative estimate of drug-likeness (QED) is 0.0525. The van der Waals surface area contributed by atoms with Crippen LogP contribution < -0.4 is 0 Å². The number of hydrogen-bond acceptors (Lipinski definition) is 8. The van der Waals surface area contributed by atoms with E-state index in [0.717, 1.165) is 32.2 Å². The van der Waals surface area contributed by atoms with Gasteiger partial charge in [0.05, 0.1) is 40.1 Å². The summed E-state index contributed by atoms with van der Waals surface area (Å²) in [6.45, 7) is 2.04. The normalized spacial score (nSPS) is 25.0. The van der Waals surface area contributed by atoms with Crippen molar-refractivity contribution in [3.8, 4) is 0 Å². The van der Waals surface area contributed by atoms with Crippen molar-refractivity contribution in [2.24, 2.45) is 0 Å². The lowest BCUT2D eigenvalue weighted by atomic mass is 9.78. The summed E-state index contributed by atoms with van der Waals surface area (Å²) in [5.41, 5.74) is 3.98. The second-order valence-corrected chi connectivity index (χ2v) is 15.3. The summed E-state index contributed by atoms with van der Waals surface area (Å²) in [6.07, 6.45) is -2.15. The molecule has 2 aliphatic rings. The first-order valence-corrected chi connectivity index (χ1v) is 20.8. The second kappa shape index (κ2) is 20.0. The molecule has 8 nitrogen and oxygen atoms in total. The maximum Gasteiger partial charge on any atom is 0.326 e. The Bertz CT molecular complexity index is 1910. The fourth-order valence-electron chi connectivity index (χ4n) is 8.07. The van der Waals surface area contributed by atoms with Crippen LogP contribution in [0.3, 0.4) is 0 Å². The van der Waals surface area contributed by atoms with Gasteiger partial charge in [0, 0.05) is 17.0 Å². The number of likely N-dealkylation sites (tertiary alicyclic amines) is 1. The van der Waals surface area contributed by atoms with Crippen LogP contribution in [0.25, 0.3) is 0 Å². The number of carbonyl (C=O) groups is 1. The first-order chi connectivity index (χ1) is 27.6. The van der Waals surface area contributed by atoms with Crippen molar-refractivity contribution in [3.05, 3.63) is 179 Å². The van der Waals surface area contributed by atoms with Gasteiger partial charge in [0.1, 0.15) is 36.1 Å². The summed E-state index contributed by atoms with van der Waals surface area (Å²) in [4.78, 5) is 16.7. The van der Waals surface area contributed by atoms with Crippen LogP contribution >= 0.6 is 22.6 Å². The molecule has 2 aliphatic heterocycles. The van der Waals surface area contributed by atoms with Crippen LogP contribution in [0, 0.1) is 0 Å². The van der Waals surface area contributed by atoms with Gasteiger partial charge >= 0.3 is 5.97 Å². The van der Waals surface area contributed by atoms with E-state index in [1.807, 2.05) is 127 Å². The van der Waals surface area contributed by atoms with Crippen LogP contribution in [-0.4, -0.2) is 71.1 Å². The molecule has 5 aromatic rings. The minimum absolute atomic E-state index is 0.0369. The molecule has 0 aliphatic carbocycles. The first-order valence-electron chi connectivity index (χ1n) is 19.3. The van der Waals surface area contributed by atoms with E-state index < -0.39 is 36.1 Å². The maximum atomic E-state index is 14.4. The number of esters is 1. The van der Waals surface area contributed by atoms with Crippen molar-refractivity contribution in [2.75, 3.05) is 18.1 Å². The highest BCUT2D eigenvalue weighted by Gasteiger charge is 2.67. The van der Waals surface area contributed by atoms with E-state index in [4.69, 9.17) is 28.4 Å². The third-order valence-corrected chi connectivity index (χ3v) is 11.7. The molecule has 2 heterocycles. The Morgan fingerprint density at radius 3 is 1.57 bits per heavy atom. The molecular formula is C47H50INO7. The molecule has 56 heavy (non-hydrogen) atoms. The van der Waals surface area contributed by atoms with Gasteiger partial charge in [-0.25, -0.2) is 0 Å². The van der Waals surface area contributed by atoms with E-state index in [2.05, 4.69) is 51.8 Å². The number of methoxy groups -OCH3 is 1. The number of nitrogens with zero attached hydrogens (tertiary/aromatic N) is 1. The van der Waals surface area contributed by atoms with Gasteiger partial charge in [-0.15, -0.1) is 0 Å². The van der Waals surface area contributed by atoms with Gasteiger partial charge in [0.25, 0.3) is 0 Å². The molecule has 2 saturated heterocycles. The van der Waals surface area contributed by atoms with Crippen molar-refractivity contribution in [1.82, 2.24) is 4.90 Å². The van der Waals surface area contributed by atoms with Gasteiger partial charge in [-0.2, -0.15) is 0 Å². The second-order valence-electron chi connectivity index (χ2n) is 14.4. The Hall–Kier alpha value is -3.94. The summed E-state index contributed by atoms with van der Waals surface area (Å²) >= 11 is 2.43. The van der Waals surface area contributed by atoms with Crippen LogP contribution in [0.5, 0.6) is 0 Å². The molecule has 0 aromatic heterocycles. The maximum absolute atomic E-state index is 14.4. The average molecular weight is 868 g/mol. The molecule has 1 spiro atoms. The van der Waals surface area contributed by atoms with E-state index in [0.29, 0.717) is 32.8 Å². The summed E-state index contributed by atoms with van der Waals surface area (Å²) < 4.78 is 41.5. The highest BCUT2D eigenvalue weighted by atomic mass is 127. The van der Waals surface area contributed by atoms with Gasteiger partial charge in [-0.1, -0.05) is 174 Å². The predicted molar refractivity (Wildman–Crippen MR) is 224 cm³/mol. The van der Waals surface area contributed by atoms with Crippen LogP contribution in [0.2, 0.25) is 0 Å². The molecule has 292 valence electrons. The van der Waals surface area contributed by atoms with Crippen LogP contribution in [-0.2, 0) is 66.2 Å². The monoisotopic (exact) mass is 867 g/mol. The zero-order valence-electron chi connectivity index (χ0n) is 31.7. The minimum Gasteiger partial charge on any atom is -0.468 e. The molecule has 7 atom stereocenters. The Labute approximate surface area is 344 Å². The van der Waals surface area contributed by atoms with Crippen molar-refractivity contribution >= 4 is 28.6 Å². The fraction of sp³-hybridized carbons (Fsp3) is 0.340. The highest BCUT2D eigenvalue weighted by Crippen LogP contribution is 2.49. The van der Waals surface area contributed by atoms with Crippen LogP contribution in [0.4, 0.5) is 0 Å². The SMILES string of the molecule is COC(=O)[C@H]1N(Cc2ccccc2)C(CI)C[C@]12OC(COCc1ccccc1)[C@H](OCc1ccccc1)[C@H](OCc1ccccc1)C2OCc1ccccc1. The molecule has 0 bridgehead atoms. The van der Waals surface area contributed by atoms with E-state index in [9.17, 15) is 4.79 Å². The van der Waals surface area contributed by atoms with Gasteiger partial charge in [0.2, 0.25) is 0 Å². The topological polar surface area (TPSA) is 75.7 Å². The number of ether oxygens (including phenoxy) is 6. The lowest BCUT2D eigenvalue weighted by Gasteiger charge is -2.53. The van der Waals surface area contributed by atoms with E-state index >= 15 is 0 Å². The lowest BCUT2D eigenvalue weighted by molar-refractivity contribution is -0.312. The zero-order chi connectivity index (χ0) is 38.6. The third-order valence-electron chi connectivity index (χ3n) is 10.7. The molecule has 9 heteroatoms. The zero-order valence-corrected chi connectivity index (χ0v) is 33.9. The van der Waals surface area contributed by atoms with Gasteiger partial charge in [0.15, 0.2) is 0 Å².